The topological polar surface area (TPSA) is 32.3 Å². The van der Waals surface area contributed by atoms with Crippen molar-refractivity contribution in [1.29, 1.82) is 0 Å². The van der Waals surface area contributed by atoms with E-state index in [1.54, 1.807) is 0 Å². The van der Waals surface area contributed by atoms with Crippen molar-refractivity contribution in [2.45, 2.75) is 26.8 Å². The number of anilines is 2. The van der Waals surface area contributed by atoms with E-state index < -0.39 is 0 Å². The van der Waals surface area contributed by atoms with Gasteiger partial charge in [-0.25, -0.2) is 0 Å². The smallest absolute Gasteiger partial charge is 0.249 e. The third-order valence-electron chi connectivity index (χ3n) is 2.77. The molecule has 1 atom stereocenters. The van der Waals surface area contributed by atoms with Crippen molar-refractivity contribution in [3.05, 3.63) is 23.8 Å². The van der Waals surface area contributed by atoms with Crippen LogP contribution in [0.15, 0.2) is 18.2 Å². The van der Waals surface area contributed by atoms with Crippen molar-refractivity contribution >= 4 is 17.3 Å². The Bertz CT molecular complexity index is 401. The molecule has 0 fully saturated rings. The number of fused-ring (bicyclic) bond motifs is 1. The Morgan fingerprint density at radius 3 is 2.87 bits per heavy atom. The monoisotopic (exact) mass is 204 g/mol. The van der Waals surface area contributed by atoms with Crippen LogP contribution >= 0.6 is 0 Å². The number of nitrogens with zero attached hydrogens (tertiary/aromatic N) is 1. The highest BCUT2D eigenvalue weighted by molar-refractivity contribution is 6.04. The fourth-order valence-corrected chi connectivity index (χ4v) is 1.96. The lowest BCUT2D eigenvalue weighted by atomic mass is 10.1. The molecule has 15 heavy (non-hydrogen) atoms. The minimum atomic E-state index is -0.125. The van der Waals surface area contributed by atoms with E-state index in [-0.39, 0.29) is 11.9 Å². The second-order valence-corrected chi connectivity index (χ2v) is 3.97. The van der Waals surface area contributed by atoms with Crippen molar-refractivity contribution in [1.82, 2.24) is 0 Å². The van der Waals surface area contributed by atoms with Crippen LogP contribution in [-0.4, -0.2) is 18.5 Å². The molecule has 1 amide bonds. The third kappa shape index (κ3) is 1.58. The molecule has 1 aromatic carbocycles. The van der Waals surface area contributed by atoms with Crippen LogP contribution in [0.25, 0.3) is 0 Å². The Kier molecular flexibility index (Phi) is 2.39. The molecule has 0 aliphatic carbocycles. The van der Waals surface area contributed by atoms with Gasteiger partial charge >= 0.3 is 0 Å². The van der Waals surface area contributed by atoms with Gasteiger partial charge in [-0.2, -0.15) is 0 Å². The van der Waals surface area contributed by atoms with Crippen molar-refractivity contribution in [3.63, 3.8) is 0 Å². The first-order valence-corrected chi connectivity index (χ1v) is 5.32. The second kappa shape index (κ2) is 3.57. The van der Waals surface area contributed by atoms with E-state index in [1.165, 1.54) is 5.56 Å². The average molecular weight is 204 g/mol. The summed E-state index contributed by atoms with van der Waals surface area (Å²) >= 11 is 0. The Hall–Kier alpha value is -1.51. The summed E-state index contributed by atoms with van der Waals surface area (Å²) in [5.74, 6) is 0.149. The van der Waals surface area contributed by atoms with Gasteiger partial charge in [-0.3, -0.25) is 4.79 Å². The van der Waals surface area contributed by atoms with Gasteiger partial charge < -0.3 is 10.2 Å². The number of carbonyl (C=O) groups is 1. The summed E-state index contributed by atoms with van der Waals surface area (Å²) in [4.78, 5) is 13.7. The number of nitrogens with one attached hydrogen (secondary N) is 1. The molecule has 3 nitrogen and oxygen atoms in total. The molecule has 1 aromatic rings. The number of likely N-dealkylation sites (N-methyl/N-ethyl adjacent to an activating group) is 1. The summed E-state index contributed by atoms with van der Waals surface area (Å²) in [6.45, 7) is 6.66. The van der Waals surface area contributed by atoms with Crippen LogP contribution in [0.1, 0.15) is 19.4 Å². The molecule has 2 rings (SSSR count). The van der Waals surface area contributed by atoms with Gasteiger partial charge in [-0.15, -0.1) is 0 Å². The van der Waals surface area contributed by atoms with E-state index in [4.69, 9.17) is 0 Å². The largest absolute Gasteiger partial charge is 0.372 e. The molecule has 1 aliphatic rings. The lowest BCUT2D eigenvalue weighted by molar-refractivity contribution is -0.119. The molecular weight excluding hydrogens is 188 g/mol. The summed E-state index contributed by atoms with van der Waals surface area (Å²) in [6.07, 6.45) is 0. The van der Waals surface area contributed by atoms with Crippen LogP contribution in [0.5, 0.6) is 0 Å². The van der Waals surface area contributed by atoms with Crippen LogP contribution in [-0.2, 0) is 4.79 Å². The first-order valence-electron chi connectivity index (χ1n) is 5.32. The van der Waals surface area contributed by atoms with E-state index in [0.29, 0.717) is 0 Å². The third-order valence-corrected chi connectivity index (χ3v) is 2.77. The molecule has 0 saturated heterocycles. The van der Waals surface area contributed by atoms with Crippen LogP contribution < -0.4 is 10.2 Å². The van der Waals surface area contributed by atoms with Crippen LogP contribution in [0.2, 0.25) is 0 Å². The summed E-state index contributed by atoms with van der Waals surface area (Å²) in [6, 6.07) is 6.02. The summed E-state index contributed by atoms with van der Waals surface area (Å²) < 4.78 is 0. The Balaban J connectivity index is 2.51. The maximum absolute atomic E-state index is 11.9. The lowest BCUT2D eigenvalue weighted by Gasteiger charge is -2.33. The summed E-state index contributed by atoms with van der Waals surface area (Å²) in [5, 5.41) is 3.21. The van der Waals surface area contributed by atoms with Gasteiger partial charge in [0.1, 0.15) is 6.04 Å². The highest BCUT2D eigenvalue weighted by Gasteiger charge is 2.27. The Labute approximate surface area is 90.1 Å². The lowest BCUT2D eigenvalue weighted by Crippen LogP contribution is -2.45. The van der Waals surface area contributed by atoms with Gasteiger partial charge in [-0.05, 0) is 38.5 Å². The van der Waals surface area contributed by atoms with Gasteiger partial charge in [-0.1, -0.05) is 6.07 Å². The van der Waals surface area contributed by atoms with E-state index >= 15 is 0 Å². The number of carbonyl (C=O) groups excluding carboxylic acids is 1. The molecule has 0 radical (unpaired) electrons. The predicted octanol–water partition coefficient (Wildman–Crippen LogP) is 2.16. The first kappa shape index (κ1) is 10.0. The molecular formula is C12H16N2O. The quantitative estimate of drug-likeness (QED) is 0.760. The summed E-state index contributed by atoms with van der Waals surface area (Å²) in [7, 11) is 0. The maximum Gasteiger partial charge on any atom is 0.249 e. The molecule has 0 aromatic heterocycles. The van der Waals surface area contributed by atoms with E-state index in [0.717, 1.165) is 17.9 Å². The molecule has 1 unspecified atom stereocenters. The van der Waals surface area contributed by atoms with Gasteiger partial charge in [0.2, 0.25) is 5.91 Å². The van der Waals surface area contributed by atoms with E-state index in [9.17, 15) is 4.79 Å². The second-order valence-electron chi connectivity index (χ2n) is 3.97. The number of aryl methyl sites for hydroxylation is 1. The predicted molar refractivity (Wildman–Crippen MR) is 62.3 cm³/mol. The molecule has 0 spiro atoms. The first-order chi connectivity index (χ1) is 7.13. The molecule has 3 heteroatoms. The minimum absolute atomic E-state index is 0.125. The Morgan fingerprint density at radius 1 is 1.47 bits per heavy atom. The van der Waals surface area contributed by atoms with Gasteiger partial charge in [0, 0.05) is 6.54 Å². The van der Waals surface area contributed by atoms with E-state index in [2.05, 4.69) is 17.4 Å². The van der Waals surface area contributed by atoms with Crippen molar-refractivity contribution in [3.8, 4) is 0 Å². The number of hydrogen-bond acceptors (Lipinski definition) is 2. The fraction of sp³-hybridized carbons (Fsp3) is 0.417. The number of rotatable bonds is 1. The molecule has 1 heterocycles. The van der Waals surface area contributed by atoms with Crippen LogP contribution in [0.4, 0.5) is 11.4 Å². The molecule has 0 bridgehead atoms. The van der Waals surface area contributed by atoms with Crippen LogP contribution in [0.3, 0.4) is 0 Å². The zero-order valence-electron chi connectivity index (χ0n) is 9.37. The maximum atomic E-state index is 11.9. The highest BCUT2D eigenvalue weighted by atomic mass is 16.2. The zero-order chi connectivity index (χ0) is 11.0. The highest BCUT2D eigenvalue weighted by Crippen LogP contribution is 2.31. The molecule has 1 aliphatic heterocycles. The van der Waals surface area contributed by atoms with Crippen molar-refractivity contribution in [2.75, 3.05) is 16.8 Å². The molecule has 1 N–H and O–H groups in total. The Morgan fingerprint density at radius 2 is 2.20 bits per heavy atom. The van der Waals surface area contributed by atoms with Crippen molar-refractivity contribution in [2.24, 2.45) is 0 Å². The average Bonchev–Trinajstić information content (AvgIpc) is 2.21. The zero-order valence-corrected chi connectivity index (χ0v) is 9.37. The minimum Gasteiger partial charge on any atom is -0.372 e. The van der Waals surface area contributed by atoms with E-state index in [1.807, 2.05) is 31.7 Å². The SMILES string of the molecule is CCN1C(=O)C(C)Nc2ccc(C)cc21. The normalized spacial score (nSPS) is 19.8. The van der Waals surface area contributed by atoms with Crippen LogP contribution in [0, 0.1) is 6.92 Å². The van der Waals surface area contributed by atoms with Crippen molar-refractivity contribution < 1.29 is 4.79 Å². The van der Waals surface area contributed by atoms with Gasteiger partial charge in [0.05, 0.1) is 11.4 Å². The van der Waals surface area contributed by atoms with Gasteiger partial charge in [0.25, 0.3) is 0 Å². The summed E-state index contributed by atoms with van der Waals surface area (Å²) in [5.41, 5.74) is 3.23. The number of amides is 1. The molecule has 0 saturated carbocycles. The standard InChI is InChI=1S/C12H16N2O/c1-4-14-11-7-8(2)5-6-10(11)13-9(3)12(14)15/h5-7,9,13H,4H2,1-3H3. The molecule has 80 valence electrons. The van der Waals surface area contributed by atoms with Gasteiger partial charge in [0.15, 0.2) is 0 Å². The number of benzene rings is 1. The fourth-order valence-electron chi connectivity index (χ4n) is 1.96. The number of hydrogen-bond donors (Lipinski definition) is 1.